The molecule has 1 spiro atoms. The van der Waals surface area contributed by atoms with Crippen molar-refractivity contribution in [3.05, 3.63) is 89.2 Å². The zero-order valence-electron chi connectivity index (χ0n) is 25.8. The molecule has 0 unspecified atom stereocenters. The molecule has 1 fully saturated rings. The molecule has 0 saturated carbocycles. The molecule has 5 rings (SSSR count). The number of hydrogen-bond acceptors (Lipinski definition) is 6. The van der Waals surface area contributed by atoms with Crippen LogP contribution in [-0.4, -0.2) is 64.8 Å². The first kappa shape index (κ1) is 34.0. The van der Waals surface area contributed by atoms with Gasteiger partial charge in [-0.3, -0.25) is 19.2 Å². The fourth-order valence-electron chi connectivity index (χ4n) is 5.51. The highest BCUT2D eigenvalue weighted by atomic mass is 19.4. The Kier molecular flexibility index (Phi) is 9.52. The van der Waals surface area contributed by atoms with E-state index in [0.29, 0.717) is 27.5 Å². The Morgan fingerprint density at radius 2 is 1.60 bits per heavy atom. The first-order valence-corrected chi connectivity index (χ1v) is 14.9. The number of ether oxygens (including phenoxy) is 1. The molecule has 48 heavy (non-hydrogen) atoms. The normalized spacial score (nSPS) is 17.7. The summed E-state index contributed by atoms with van der Waals surface area (Å²) in [6.07, 6.45) is -4.74. The minimum atomic E-state index is -4.79. The Labute approximate surface area is 272 Å². The second-order valence-corrected chi connectivity index (χ2v) is 11.4. The third-order valence-corrected chi connectivity index (χ3v) is 8.09. The molecular formula is C33H31F4N5O6. The SMILES string of the molecule is CCC(=O)Nc1cccc(NC(=O)Nc2ccc3c(c2)CC(=O)[C@]32OCN(CC(=O)N(Cc3ccc(F)cc3)[C@@H](C)C(F)(F)F)C2=O)c1. The van der Waals surface area contributed by atoms with E-state index in [2.05, 4.69) is 16.0 Å². The summed E-state index contributed by atoms with van der Waals surface area (Å²) >= 11 is 0. The summed E-state index contributed by atoms with van der Waals surface area (Å²) < 4.78 is 60.2. The minimum Gasteiger partial charge on any atom is -0.332 e. The van der Waals surface area contributed by atoms with Gasteiger partial charge in [-0.25, -0.2) is 9.18 Å². The van der Waals surface area contributed by atoms with Gasteiger partial charge in [-0.2, -0.15) is 13.2 Å². The van der Waals surface area contributed by atoms with Crippen LogP contribution < -0.4 is 16.0 Å². The zero-order valence-corrected chi connectivity index (χ0v) is 25.8. The van der Waals surface area contributed by atoms with E-state index in [0.717, 1.165) is 24.0 Å². The molecule has 11 nitrogen and oxygen atoms in total. The molecule has 15 heteroatoms. The molecule has 1 aliphatic carbocycles. The van der Waals surface area contributed by atoms with Crippen molar-refractivity contribution >= 4 is 46.6 Å². The van der Waals surface area contributed by atoms with Crippen LogP contribution in [0, 0.1) is 5.82 Å². The van der Waals surface area contributed by atoms with Crippen molar-refractivity contribution in [3.8, 4) is 0 Å². The number of ketones is 1. The van der Waals surface area contributed by atoms with Gasteiger partial charge in [-0.15, -0.1) is 0 Å². The summed E-state index contributed by atoms with van der Waals surface area (Å²) in [5.74, 6) is -3.36. The summed E-state index contributed by atoms with van der Waals surface area (Å²) in [6.45, 7) is 0.685. The molecular weight excluding hydrogens is 638 g/mol. The molecule has 3 aromatic carbocycles. The quantitative estimate of drug-likeness (QED) is 0.218. The van der Waals surface area contributed by atoms with Crippen LogP contribution in [0.4, 0.5) is 39.4 Å². The number of urea groups is 1. The van der Waals surface area contributed by atoms with Gasteiger partial charge in [-0.1, -0.05) is 31.2 Å². The van der Waals surface area contributed by atoms with Gasteiger partial charge in [0.05, 0.1) is 0 Å². The maximum atomic E-state index is 13.7. The fourth-order valence-corrected chi connectivity index (χ4v) is 5.51. The predicted octanol–water partition coefficient (Wildman–Crippen LogP) is 4.93. The van der Waals surface area contributed by atoms with Crippen LogP contribution in [0.2, 0.25) is 0 Å². The van der Waals surface area contributed by atoms with Crippen LogP contribution in [0.3, 0.4) is 0 Å². The van der Waals surface area contributed by atoms with Gasteiger partial charge >= 0.3 is 12.2 Å². The van der Waals surface area contributed by atoms with Crippen molar-refractivity contribution < 1.29 is 46.3 Å². The Bertz CT molecular complexity index is 1770. The van der Waals surface area contributed by atoms with Crippen molar-refractivity contribution in [1.29, 1.82) is 0 Å². The Morgan fingerprint density at radius 1 is 0.958 bits per heavy atom. The van der Waals surface area contributed by atoms with E-state index < -0.39 is 67.1 Å². The first-order chi connectivity index (χ1) is 22.7. The Morgan fingerprint density at radius 3 is 2.25 bits per heavy atom. The van der Waals surface area contributed by atoms with Crippen molar-refractivity contribution in [2.75, 3.05) is 29.2 Å². The number of alkyl halides is 3. The lowest BCUT2D eigenvalue weighted by Gasteiger charge is -2.32. The fraction of sp³-hybridized carbons (Fsp3) is 0.303. The van der Waals surface area contributed by atoms with Crippen molar-refractivity contribution in [1.82, 2.24) is 9.80 Å². The Hall–Kier alpha value is -5.31. The highest BCUT2D eigenvalue weighted by Gasteiger charge is 2.59. The van der Waals surface area contributed by atoms with Gasteiger partial charge in [0.2, 0.25) is 17.4 Å². The molecule has 3 aromatic rings. The molecule has 252 valence electrons. The van der Waals surface area contributed by atoms with Gasteiger partial charge in [0.25, 0.3) is 5.91 Å². The second-order valence-electron chi connectivity index (χ2n) is 11.4. The molecule has 0 radical (unpaired) electrons. The number of hydrogen-bond donors (Lipinski definition) is 3. The smallest absolute Gasteiger partial charge is 0.332 e. The molecule has 1 saturated heterocycles. The molecule has 3 N–H and O–H groups in total. The van der Waals surface area contributed by atoms with Gasteiger partial charge in [0.15, 0.2) is 5.78 Å². The summed E-state index contributed by atoms with van der Waals surface area (Å²) in [7, 11) is 0. The largest absolute Gasteiger partial charge is 0.408 e. The van der Waals surface area contributed by atoms with Gasteiger partial charge in [0, 0.05) is 42.0 Å². The van der Waals surface area contributed by atoms with Crippen LogP contribution in [0.1, 0.15) is 37.0 Å². The van der Waals surface area contributed by atoms with Crippen LogP contribution >= 0.6 is 0 Å². The lowest BCUT2D eigenvalue weighted by molar-refractivity contribution is -0.187. The number of benzene rings is 3. The number of carbonyl (C=O) groups excluding carboxylic acids is 5. The number of halogens is 4. The molecule has 5 amide bonds. The van der Waals surface area contributed by atoms with Crippen LogP contribution in [0.25, 0.3) is 0 Å². The zero-order chi connectivity index (χ0) is 34.8. The van der Waals surface area contributed by atoms with Gasteiger partial charge in [0.1, 0.15) is 25.1 Å². The van der Waals surface area contributed by atoms with E-state index in [4.69, 9.17) is 4.74 Å². The van der Waals surface area contributed by atoms with E-state index in [1.54, 1.807) is 31.2 Å². The second kappa shape index (κ2) is 13.4. The molecule has 0 bridgehead atoms. The van der Waals surface area contributed by atoms with E-state index in [9.17, 15) is 41.5 Å². The number of Topliss-reactive ketones (excluding diaryl/α,β-unsaturated/α-hetero) is 1. The number of rotatable bonds is 9. The molecule has 1 heterocycles. The summed E-state index contributed by atoms with van der Waals surface area (Å²) in [4.78, 5) is 65.9. The predicted molar refractivity (Wildman–Crippen MR) is 165 cm³/mol. The molecule has 1 aliphatic heterocycles. The topological polar surface area (TPSA) is 137 Å². The number of nitrogens with zero attached hydrogens (tertiary/aromatic N) is 2. The summed E-state index contributed by atoms with van der Waals surface area (Å²) in [5.41, 5.74) is -0.0747. The highest BCUT2D eigenvalue weighted by molar-refractivity contribution is 6.15. The molecule has 2 aliphatic rings. The molecule has 0 aromatic heterocycles. The molecule has 2 atom stereocenters. The Balaban J connectivity index is 1.28. The van der Waals surface area contributed by atoms with Gasteiger partial charge in [-0.05, 0) is 60.5 Å². The van der Waals surface area contributed by atoms with Crippen LogP contribution in [0.5, 0.6) is 0 Å². The maximum absolute atomic E-state index is 13.7. The van der Waals surface area contributed by atoms with E-state index in [1.807, 2.05) is 0 Å². The third-order valence-electron chi connectivity index (χ3n) is 8.09. The van der Waals surface area contributed by atoms with Crippen LogP contribution in [0.15, 0.2) is 66.7 Å². The van der Waals surface area contributed by atoms with Crippen molar-refractivity contribution in [2.24, 2.45) is 0 Å². The number of anilines is 3. The first-order valence-electron chi connectivity index (χ1n) is 14.9. The van der Waals surface area contributed by atoms with Crippen LogP contribution in [-0.2, 0) is 42.5 Å². The maximum Gasteiger partial charge on any atom is 0.408 e. The number of carbonyl (C=O) groups is 5. The standard InChI is InChI=1S/C33H31F4N5O6/c1-3-28(44)38-23-5-4-6-24(15-23)39-31(47)40-25-11-12-26-21(13-25)14-27(43)32(26)30(46)41(18-48-32)17-29(45)42(19(2)33(35,36)37)16-20-7-9-22(34)10-8-20/h4-13,15,19H,3,14,16-18H2,1-2H3,(H,38,44)(H2,39,40,47)/t19-,32+/m0/s1. The van der Waals surface area contributed by atoms with E-state index >= 15 is 0 Å². The number of nitrogens with one attached hydrogen (secondary N) is 3. The van der Waals surface area contributed by atoms with Crippen molar-refractivity contribution in [2.45, 2.75) is 51.1 Å². The number of fused-ring (bicyclic) bond motifs is 2. The minimum absolute atomic E-state index is 0.193. The third kappa shape index (κ3) is 7.00. The lowest BCUT2D eigenvalue weighted by Crippen LogP contribution is -2.51. The lowest BCUT2D eigenvalue weighted by atomic mass is 9.94. The number of amides is 5. The summed E-state index contributed by atoms with van der Waals surface area (Å²) in [6, 6.07) is 12.7. The average molecular weight is 670 g/mol. The average Bonchev–Trinajstić information content (AvgIpc) is 3.50. The summed E-state index contributed by atoms with van der Waals surface area (Å²) in [5, 5.41) is 7.98. The van der Waals surface area contributed by atoms with E-state index in [-0.39, 0.29) is 29.9 Å². The van der Waals surface area contributed by atoms with Crippen molar-refractivity contribution in [3.63, 3.8) is 0 Å². The van der Waals surface area contributed by atoms with Gasteiger partial charge < -0.3 is 30.5 Å². The monoisotopic (exact) mass is 669 g/mol. The highest BCUT2D eigenvalue weighted by Crippen LogP contribution is 2.43. The van der Waals surface area contributed by atoms with E-state index in [1.165, 1.54) is 30.3 Å².